The molecule has 0 unspecified atom stereocenters. The smallest absolute Gasteiger partial charge is 0.0813 e. The highest BCUT2D eigenvalue weighted by atomic mass is 32.1. The standard InChI is InChI=1S/C11H11NS/c1-2-4-9-8(3-1)7-11-10(12-9)5-6-13-11/h5-7H,1-4H2. The fourth-order valence-electron chi connectivity index (χ4n) is 2.01. The first-order chi connectivity index (χ1) is 6.43. The molecule has 13 heavy (non-hydrogen) atoms. The molecule has 0 bridgehead atoms. The van der Waals surface area contributed by atoms with Crippen LogP contribution in [0.4, 0.5) is 0 Å². The van der Waals surface area contributed by atoms with E-state index in [1.165, 1.54) is 47.2 Å². The molecule has 0 aliphatic heterocycles. The molecular formula is C11H11NS. The molecule has 0 atom stereocenters. The predicted octanol–water partition coefficient (Wildman–Crippen LogP) is 3.18. The van der Waals surface area contributed by atoms with Gasteiger partial charge in [0.2, 0.25) is 0 Å². The Morgan fingerprint density at radius 2 is 2.15 bits per heavy atom. The molecule has 2 aromatic rings. The van der Waals surface area contributed by atoms with Crippen molar-refractivity contribution in [3.05, 3.63) is 28.8 Å². The van der Waals surface area contributed by atoms with Crippen LogP contribution in [0.15, 0.2) is 17.5 Å². The maximum absolute atomic E-state index is 4.69. The number of hydrogen-bond acceptors (Lipinski definition) is 2. The zero-order chi connectivity index (χ0) is 8.67. The first kappa shape index (κ1) is 7.51. The van der Waals surface area contributed by atoms with Gasteiger partial charge in [-0.3, -0.25) is 4.98 Å². The second-order valence-corrected chi connectivity index (χ2v) is 4.55. The summed E-state index contributed by atoms with van der Waals surface area (Å²) < 4.78 is 1.35. The van der Waals surface area contributed by atoms with Crippen LogP contribution in [0.2, 0.25) is 0 Å². The highest BCUT2D eigenvalue weighted by molar-refractivity contribution is 7.17. The van der Waals surface area contributed by atoms with E-state index in [9.17, 15) is 0 Å². The maximum Gasteiger partial charge on any atom is 0.0813 e. The van der Waals surface area contributed by atoms with Crippen LogP contribution in [0, 0.1) is 0 Å². The van der Waals surface area contributed by atoms with Crippen molar-refractivity contribution in [1.29, 1.82) is 0 Å². The van der Waals surface area contributed by atoms with Gasteiger partial charge in [0, 0.05) is 5.69 Å². The summed E-state index contributed by atoms with van der Waals surface area (Å²) in [4.78, 5) is 4.69. The number of thiophene rings is 1. The van der Waals surface area contributed by atoms with Crippen molar-refractivity contribution in [2.45, 2.75) is 25.7 Å². The SMILES string of the molecule is c1cc2nc3c(cc2s1)CCCC3. The summed E-state index contributed by atoms with van der Waals surface area (Å²) in [5, 5.41) is 2.13. The molecule has 3 rings (SSSR count). The Morgan fingerprint density at radius 3 is 3.15 bits per heavy atom. The third-order valence-corrected chi connectivity index (χ3v) is 3.57. The van der Waals surface area contributed by atoms with Crippen molar-refractivity contribution in [2.24, 2.45) is 0 Å². The average molecular weight is 189 g/mol. The lowest BCUT2D eigenvalue weighted by molar-refractivity contribution is 0.671. The number of nitrogens with zero attached hydrogens (tertiary/aromatic N) is 1. The summed E-state index contributed by atoms with van der Waals surface area (Å²) in [5.41, 5.74) is 4.02. The summed E-state index contributed by atoms with van der Waals surface area (Å²) in [6, 6.07) is 4.45. The van der Waals surface area contributed by atoms with Gasteiger partial charge in [-0.05, 0) is 48.8 Å². The van der Waals surface area contributed by atoms with Gasteiger partial charge in [-0.15, -0.1) is 11.3 Å². The molecule has 0 spiro atoms. The van der Waals surface area contributed by atoms with Gasteiger partial charge in [-0.25, -0.2) is 0 Å². The van der Waals surface area contributed by atoms with Crippen LogP contribution in [-0.4, -0.2) is 4.98 Å². The maximum atomic E-state index is 4.69. The van der Waals surface area contributed by atoms with Crippen LogP contribution in [0.25, 0.3) is 10.2 Å². The molecule has 1 aliphatic rings. The molecule has 1 nitrogen and oxygen atoms in total. The highest BCUT2D eigenvalue weighted by Crippen LogP contribution is 2.26. The van der Waals surface area contributed by atoms with Crippen LogP contribution in [-0.2, 0) is 12.8 Å². The van der Waals surface area contributed by atoms with E-state index in [-0.39, 0.29) is 0 Å². The number of aryl methyl sites for hydroxylation is 2. The van der Waals surface area contributed by atoms with Crippen LogP contribution < -0.4 is 0 Å². The lowest BCUT2D eigenvalue weighted by atomic mass is 9.96. The summed E-state index contributed by atoms with van der Waals surface area (Å²) in [7, 11) is 0. The Morgan fingerprint density at radius 1 is 1.23 bits per heavy atom. The lowest BCUT2D eigenvalue weighted by Gasteiger charge is -2.13. The van der Waals surface area contributed by atoms with Gasteiger partial charge in [0.15, 0.2) is 0 Å². The van der Waals surface area contributed by atoms with Crippen molar-refractivity contribution in [2.75, 3.05) is 0 Å². The highest BCUT2D eigenvalue weighted by Gasteiger charge is 2.11. The molecule has 2 heterocycles. The molecular weight excluding hydrogens is 178 g/mol. The molecule has 0 saturated heterocycles. The second-order valence-electron chi connectivity index (χ2n) is 3.61. The molecule has 2 heteroatoms. The molecule has 0 aromatic carbocycles. The third-order valence-electron chi connectivity index (χ3n) is 2.71. The number of fused-ring (bicyclic) bond motifs is 2. The molecule has 0 amide bonds. The van der Waals surface area contributed by atoms with E-state index in [1.54, 1.807) is 11.3 Å². The van der Waals surface area contributed by atoms with Crippen LogP contribution >= 0.6 is 11.3 Å². The van der Waals surface area contributed by atoms with Gasteiger partial charge >= 0.3 is 0 Å². The van der Waals surface area contributed by atoms with Gasteiger partial charge in [-0.2, -0.15) is 0 Å². The van der Waals surface area contributed by atoms with Gasteiger partial charge in [0.05, 0.1) is 10.2 Å². The fourth-order valence-corrected chi connectivity index (χ4v) is 2.80. The van der Waals surface area contributed by atoms with Gasteiger partial charge in [0.25, 0.3) is 0 Å². The Kier molecular flexibility index (Phi) is 1.62. The Bertz CT molecular complexity index is 404. The minimum atomic E-state index is 1.18. The number of pyridine rings is 1. The Balaban J connectivity index is 2.28. The van der Waals surface area contributed by atoms with E-state index in [2.05, 4.69) is 22.5 Å². The van der Waals surface area contributed by atoms with Crippen molar-refractivity contribution in [3.8, 4) is 0 Å². The van der Waals surface area contributed by atoms with E-state index in [4.69, 9.17) is 0 Å². The quantitative estimate of drug-likeness (QED) is 0.620. The molecule has 1 aliphatic carbocycles. The summed E-state index contributed by atoms with van der Waals surface area (Å²) in [5.74, 6) is 0. The monoisotopic (exact) mass is 189 g/mol. The minimum absolute atomic E-state index is 1.18. The molecule has 0 saturated carbocycles. The van der Waals surface area contributed by atoms with E-state index < -0.39 is 0 Å². The van der Waals surface area contributed by atoms with E-state index in [0.717, 1.165) is 0 Å². The van der Waals surface area contributed by atoms with Gasteiger partial charge < -0.3 is 0 Å². The van der Waals surface area contributed by atoms with E-state index in [1.807, 2.05) is 0 Å². The molecule has 66 valence electrons. The molecule has 0 N–H and O–H groups in total. The van der Waals surface area contributed by atoms with Crippen molar-refractivity contribution in [3.63, 3.8) is 0 Å². The summed E-state index contributed by atoms with van der Waals surface area (Å²) >= 11 is 1.80. The van der Waals surface area contributed by atoms with Crippen LogP contribution in [0.1, 0.15) is 24.1 Å². The minimum Gasteiger partial charge on any atom is -0.252 e. The average Bonchev–Trinajstić information content (AvgIpc) is 2.61. The van der Waals surface area contributed by atoms with Crippen molar-refractivity contribution < 1.29 is 0 Å². The van der Waals surface area contributed by atoms with Gasteiger partial charge in [0.1, 0.15) is 0 Å². The van der Waals surface area contributed by atoms with Gasteiger partial charge in [-0.1, -0.05) is 0 Å². The molecule has 0 radical (unpaired) electrons. The van der Waals surface area contributed by atoms with E-state index >= 15 is 0 Å². The van der Waals surface area contributed by atoms with E-state index in [0.29, 0.717) is 0 Å². The number of hydrogen-bond donors (Lipinski definition) is 0. The van der Waals surface area contributed by atoms with Crippen molar-refractivity contribution >= 4 is 21.6 Å². The summed E-state index contributed by atoms with van der Waals surface area (Å²) in [6.45, 7) is 0. The Hall–Kier alpha value is -0.890. The second kappa shape index (κ2) is 2.81. The first-order valence-corrected chi connectivity index (χ1v) is 5.67. The number of rotatable bonds is 0. The van der Waals surface area contributed by atoms with Crippen molar-refractivity contribution in [1.82, 2.24) is 4.98 Å². The van der Waals surface area contributed by atoms with Crippen LogP contribution in [0.5, 0.6) is 0 Å². The zero-order valence-electron chi connectivity index (χ0n) is 7.42. The zero-order valence-corrected chi connectivity index (χ0v) is 8.23. The number of aromatic nitrogens is 1. The molecule has 0 fully saturated rings. The predicted molar refractivity (Wildman–Crippen MR) is 56.3 cm³/mol. The topological polar surface area (TPSA) is 12.9 Å². The normalized spacial score (nSPS) is 16.0. The van der Waals surface area contributed by atoms with Crippen LogP contribution in [0.3, 0.4) is 0 Å². The fraction of sp³-hybridized carbons (Fsp3) is 0.364. The lowest BCUT2D eigenvalue weighted by Crippen LogP contribution is -2.04. The summed E-state index contributed by atoms with van der Waals surface area (Å²) in [6.07, 6.45) is 5.07. The Labute approximate surface area is 81.4 Å². The first-order valence-electron chi connectivity index (χ1n) is 4.79. The molecule has 2 aromatic heterocycles. The third kappa shape index (κ3) is 1.17. The largest absolute Gasteiger partial charge is 0.252 e.